The number of anilines is 1. The number of morpholine rings is 1. The van der Waals surface area contributed by atoms with Gasteiger partial charge in [0.05, 0.1) is 18.9 Å². The quantitative estimate of drug-likeness (QED) is 0.705. The zero-order chi connectivity index (χ0) is 16.4. The van der Waals surface area contributed by atoms with Crippen molar-refractivity contribution in [3.63, 3.8) is 0 Å². The van der Waals surface area contributed by atoms with Crippen molar-refractivity contribution in [2.24, 2.45) is 0 Å². The molecular weight excluding hydrogens is 305 g/mol. The van der Waals surface area contributed by atoms with Gasteiger partial charge in [-0.2, -0.15) is 0 Å². The topological polar surface area (TPSA) is 25.6 Å². The molecule has 4 heteroatoms. The van der Waals surface area contributed by atoms with E-state index >= 15 is 0 Å². The average molecular weight is 323 g/mol. The average Bonchev–Trinajstić information content (AvgIpc) is 3.09. The van der Waals surface area contributed by atoms with E-state index in [2.05, 4.69) is 4.90 Å². The van der Waals surface area contributed by atoms with Gasteiger partial charge in [-0.3, -0.25) is 0 Å². The number of halogens is 1. The highest BCUT2D eigenvalue weighted by molar-refractivity contribution is 5.79. The Hall–Kier alpha value is -2.59. The third-order valence-corrected chi connectivity index (χ3v) is 4.23. The van der Waals surface area contributed by atoms with Gasteiger partial charge in [-0.1, -0.05) is 30.3 Å². The number of nitrogens with zero attached hydrogens (tertiary/aromatic N) is 1. The second-order valence-corrected chi connectivity index (χ2v) is 5.80. The van der Waals surface area contributed by atoms with E-state index in [1.54, 1.807) is 12.1 Å². The summed E-state index contributed by atoms with van der Waals surface area (Å²) in [6.45, 7) is 3.10. The molecule has 0 bridgehead atoms. The van der Waals surface area contributed by atoms with Crippen LogP contribution in [0.3, 0.4) is 0 Å². The van der Waals surface area contributed by atoms with Crippen LogP contribution >= 0.6 is 0 Å². The molecular formula is C20H18FNO2. The van der Waals surface area contributed by atoms with Crippen molar-refractivity contribution in [2.75, 3.05) is 31.2 Å². The minimum Gasteiger partial charge on any atom is -0.454 e. The molecule has 0 spiro atoms. The van der Waals surface area contributed by atoms with E-state index in [1.165, 1.54) is 12.1 Å². The maximum absolute atomic E-state index is 13.2. The maximum atomic E-state index is 13.2. The first kappa shape index (κ1) is 15.0. The van der Waals surface area contributed by atoms with E-state index in [0.717, 1.165) is 41.4 Å². The van der Waals surface area contributed by atoms with Crippen LogP contribution in [0.2, 0.25) is 0 Å². The van der Waals surface area contributed by atoms with Gasteiger partial charge in [0.1, 0.15) is 11.6 Å². The fourth-order valence-corrected chi connectivity index (χ4v) is 2.97. The minimum absolute atomic E-state index is 0.248. The molecule has 0 radical (unpaired) electrons. The lowest BCUT2D eigenvalue weighted by Gasteiger charge is -2.28. The van der Waals surface area contributed by atoms with Crippen molar-refractivity contribution in [2.45, 2.75) is 0 Å². The molecule has 0 aliphatic carbocycles. The number of furan rings is 1. The first-order valence-electron chi connectivity index (χ1n) is 8.09. The zero-order valence-corrected chi connectivity index (χ0v) is 13.2. The van der Waals surface area contributed by atoms with Gasteiger partial charge in [0, 0.05) is 30.3 Å². The number of hydrogen-bond acceptors (Lipinski definition) is 3. The van der Waals surface area contributed by atoms with Crippen LogP contribution in [0, 0.1) is 5.82 Å². The number of hydrogen-bond donors (Lipinski definition) is 0. The SMILES string of the molecule is Fc1ccc(-c2cc(N3CCOCC3)c(-c3ccccc3)o2)cc1. The smallest absolute Gasteiger partial charge is 0.158 e. The Morgan fingerprint density at radius 2 is 1.54 bits per heavy atom. The van der Waals surface area contributed by atoms with Gasteiger partial charge in [0.2, 0.25) is 0 Å². The van der Waals surface area contributed by atoms with Gasteiger partial charge in [-0.25, -0.2) is 4.39 Å². The van der Waals surface area contributed by atoms with Gasteiger partial charge in [-0.15, -0.1) is 0 Å². The van der Waals surface area contributed by atoms with Crippen LogP contribution in [0.25, 0.3) is 22.6 Å². The van der Waals surface area contributed by atoms with E-state index in [9.17, 15) is 4.39 Å². The molecule has 3 nitrogen and oxygen atoms in total. The summed E-state index contributed by atoms with van der Waals surface area (Å²) in [5.74, 6) is 1.34. The molecule has 0 saturated carbocycles. The van der Waals surface area contributed by atoms with Crippen molar-refractivity contribution in [1.29, 1.82) is 0 Å². The summed E-state index contributed by atoms with van der Waals surface area (Å²) in [6.07, 6.45) is 0. The monoisotopic (exact) mass is 323 g/mol. The third-order valence-electron chi connectivity index (χ3n) is 4.23. The van der Waals surface area contributed by atoms with Crippen LogP contribution in [0.5, 0.6) is 0 Å². The Kier molecular flexibility index (Phi) is 4.05. The van der Waals surface area contributed by atoms with E-state index < -0.39 is 0 Å². The molecule has 1 fully saturated rings. The van der Waals surface area contributed by atoms with Gasteiger partial charge < -0.3 is 14.1 Å². The summed E-state index contributed by atoms with van der Waals surface area (Å²) < 4.78 is 24.8. The lowest BCUT2D eigenvalue weighted by Crippen LogP contribution is -2.36. The second kappa shape index (κ2) is 6.49. The summed E-state index contributed by atoms with van der Waals surface area (Å²) in [6, 6.07) is 18.5. The van der Waals surface area contributed by atoms with Crippen molar-refractivity contribution >= 4 is 5.69 Å². The third kappa shape index (κ3) is 2.93. The molecule has 0 N–H and O–H groups in total. The standard InChI is InChI=1S/C20H18FNO2/c21-17-8-6-15(7-9-17)19-14-18(22-10-12-23-13-11-22)20(24-19)16-4-2-1-3-5-16/h1-9,14H,10-13H2. The Morgan fingerprint density at radius 3 is 2.25 bits per heavy atom. The molecule has 1 aliphatic rings. The lowest BCUT2D eigenvalue weighted by molar-refractivity contribution is 0.122. The van der Waals surface area contributed by atoms with Crippen LogP contribution in [0.15, 0.2) is 65.1 Å². The van der Waals surface area contributed by atoms with Gasteiger partial charge in [-0.05, 0) is 24.3 Å². The van der Waals surface area contributed by atoms with Crippen molar-refractivity contribution in [3.05, 3.63) is 66.5 Å². The number of benzene rings is 2. The normalized spacial score (nSPS) is 14.8. The lowest BCUT2D eigenvalue weighted by atomic mass is 10.1. The molecule has 0 amide bonds. The summed E-state index contributed by atoms with van der Waals surface area (Å²) in [4.78, 5) is 2.28. The molecule has 2 heterocycles. The fraction of sp³-hybridized carbons (Fsp3) is 0.200. The van der Waals surface area contributed by atoms with Crippen LogP contribution in [0.1, 0.15) is 0 Å². The number of rotatable bonds is 3. The predicted molar refractivity (Wildman–Crippen MR) is 92.6 cm³/mol. The van der Waals surface area contributed by atoms with E-state index in [0.29, 0.717) is 13.2 Å². The van der Waals surface area contributed by atoms with Crippen molar-refractivity contribution in [3.8, 4) is 22.6 Å². The van der Waals surface area contributed by atoms with Crippen LogP contribution in [-0.4, -0.2) is 26.3 Å². The number of ether oxygens (including phenoxy) is 1. The zero-order valence-electron chi connectivity index (χ0n) is 13.2. The molecule has 3 aromatic rings. The highest BCUT2D eigenvalue weighted by Crippen LogP contribution is 2.38. The summed E-state index contributed by atoms with van der Waals surface area (Å²) in [5, 5.41) is 0. The summed E-state index contributed by atoms with van der Waals surface area (Å²) in [5.41, 5.74) is 2.96. The Morgan fingerprint density at radius 1 is 0.833 bits per heavy atom. The van der Waals surface area contributed by atoms with Crippen LogP contribution in [-0.2, 0) is 4.74 Å². The molecule has 1 aromatic heterocycles. The maximum Gasteiger partial charge on any atom is 0.158 e. The van der Waals surface area contributed by atoms with Crippen LogP contribution < -0.4 is 4.90 Å². The largest absolute Gasteiger partial charge is 0.454 e. The molecule has 1 aliphatic heterocycles. The molecule has 122 valence electrons. The molecule has 1 saturated heterocycles. The summed E-state index contributed by atoms with van der Waals surface area (Å²) in [7, 11) is 0. The molecule has 0 unspecified atom stereocenters. The Balaban J connectivity index is 1.79. The molecule has 24 heavy (non-hydrogen) atoms. The molecule has 4 rings (SSSR count). The van der Waals surface area contributed by atoms with E-state index in [4.69, 9.17) is 9.15 Å². The molecule has 0 atom stereocenters. The minimum atomic E-state index is -0.248. The van der Waals surface area contributed by atoms with Gasteiger partial charge in [0.25, 0.3) is 0 Å². The van der Waals surface area contributed by atoms with Crippen LogP contribution in [0.4, 0.5) is 10.1 Å². The predicted octanol–water partition coefficient (Wildman–Crippen LogP) is 4.59. The van der Waals surface area contributed by atoms with E-state index in [1.807, 2.05) is 36.4 Å². The second-order valence-electron chi connectivity index (χ2n) is 5.80. The first-order chi connectivity index (χ1) is 11.8. The highest BCUT2D eigenvalue weighted by atomic mass is 19.1. The fourth-order valence-electron chi connectivity index (χ4n) is 2.97. The van der Waals surface area contributed by atoms with Gasteiger partial charge >= 0.3 is 0 Å². The highest BCUT2D eigenvalue weighted by Gasteiger charge is 2.21. The van der Waals surface area contributed by atoms with Crippen molar-refractivity contribution < 1.29 is 13.5 Å². The summed E-state index contributed by atoms with van der Waals surface area (Å²) >= 11 is 0. The Labute approximate surface area is 140 Å². The Bertz CT molecular complexity index is 805. The van der Waals surface area contributed by atoms with E-state index in [-0.39, 0.29) is 5.82 Å². The molecule has 2 aromatic carbocycles. The van der Waals surface area contributed by atoms with Gasteiger partial charge in [0.15, 0.2) is 5.76 Å². The first-order valence-corrected chi connectivity index (χ1v) is 8.09. The van der Waals surface area contributed by atoms with Crippen molar-refractivity contribution in [1.82, 2.24) is 0 Å².